The quantitative estimate of drug-likeness (QED) is 0.840. The lowest BCUT2D eigenvalue weighted by atomic mass is 10.1. The van der Waals surface area contributed by atoms with Crippen molar-refractivity contribution in [1.82, 2.24) is 4.98 Å². The fourth-order valence-corrected chi connectivity index (χ4v) is 1.66. The average molecular weight is 243 g/mol. The largest absolute Gasteiger partial charge is 0.469 e. The Morgan fingerprint density at radius 2 is 2.17 bits per heavy atom. The number of aromatic nitrogens is 1. The molecule has 0 radical (unpaired) electrons. The van der Waals surface area contributed by atoms with Crippen molar-refractivity contribution in [3.63, 3.8) is 0 Å². The molecule has 0 bridgehead atoms. The first-order chi connectivity index (χ1) is 8.69. The van der Waals surface area contributed by atoms with Crippen LogP contribution in [0.4, 0.5) is 0 Å². The molecule has 2 rings (SSSR count). The second-order valence-corrected chi connectivity index (χ2v) is 3.87. The van der Waals surface area contributed by atoms with Crippen LogP contribution in [-0.2, 0) is 9.53 Å². The smallest absolute Gasteiger partial charge is 0.309 e. The van der Waals surface area contributed by atoms with E-state index in [1.54, 1.807) is 18.3 Å². The Labute approximate surface area is 104 Å². The van der Waals surface area contributed by atoms with E-state index >= 15 is 0 Å². The van der Waals surface area contributed by atoms with Crippen molar-refractivity contribution in [3.05, 3.63) is 52.5 Å². The van der Waals surface area contributed by atoms with E-state index in [-0.39, 0.29) is 17.9 Å². The van der Waals surface area contributed by atoms with Gasteiger partial charge in [-0.2, -0.15) is 0 Å². The molecule has 0 spiro atoms. The van der Waals surface area contributed by atoms with Crippen molar-refractivity contribution in [2.75, 3.05) is 7.11 Å². The maximum atomic E-state index is 11.2. The summed E-state index contributed by atoms with van der Waals surface area (Å²) in [6, 6.07) is 7.29. The summed E-state index contributed by atoms with van der Waals surface area (Å²) in [6.07, 6.45) is 5.49. The number of rotatable bonds is 3. The number of carbonyl (C=O) groups is 1. The zero-order valence-corrected chi connectivity index (χ0v) is 9.97. The number of nitrogens with one attached hydrogen (secondary N) is 1. The number of fused-ring (bicyclic) bond motifs is 1. The summed E-state index contributed by atoms with van der Waals surface area (Å²) in [6.45, 7) is 0. The van der Waals surface area contributed by atoms with Crippen molar-refractivity contribution in [2.24, 2.45) is 0 Å². The zero-order valence-electron chi connectivity index (χ0n) is 9.97. The van der Waals surface area contributed by atoms with Crippen molar-refractivity contribution in [3.8, 4) is 0 Å². The fourth-order valence-electron chi connectivity index (χ4n) is 1.66. The number of carbonyl (C=O) groups excluding carboxylic acids is 1. The lowest BCUT2D eigenvalue weighted by Gasteiger charge is -1.99. The van der Waals surface area contributed by atoms with Gasteiger partial charge in [0.15, 0.2) is 0 Å². The molecule has 0 amide bonds. The van der Waals surface area contributed by atoms with Gasteiger partial charge < -0.3 is 9.72 Å². The van der Waals surface area contributed by atoms with Crippen LogP contribution in [0.3, 0.4) is 0 Å². The minimum absolute atomic E-state index is 0.127. The third kappa shape index (κ3) is 2.85. The van der Waals surface area contributed by atoms with Crippen molar-refractivity contribution >= 4 is 22.8 Å². The van der Waals surface area contributed by atoms with E-state index in [4.69, 9.17) is 0 Å². The van der Waals surface area contributed by atoms with Crippen LogP contribution >= 0.6 is 0 Å². The van der Waals surface area contributed by atoms with Crippen LogP contribution in [0.25, 0.3) is 16.8 Å². The topological polar surface area (TPSA) is 59.2 Å². The molecule has 1 N–H and O–H groups in total. The number of benzene rings is 1. The molecule has 92 valence electrons. The molecular formula is C14H13NO3. The molecule has 4 nitrogen and oxygen atoms in total. The van der Waals surface area contributed by atoms with Gasteiger partial charge in [0.05, 0.1) is 13.5 Å². The van der Waals surface area contributed by atoms with Crippen LogP contribution in [0.2, 0.25) is 0 Å². The van der Waals surface area contributed by atoms with Crippen LogP contribution in [0.1, 0.15) is 12.0 Å². The predicted octanol–water partition coefficient (Wildman–Crippen LogP) is 2.10. The average Bonchev–Trinajstić information content (AvgIpc) is 2.38. The van der Waals surface area contributed by atoms with Crippen LogP contribution in [0, 0.1) is 0 Å². The lowest BCUT2D eigenvalue weighted by molar-refractivity contribution is -0.139. The summed E-state index contributed by atoms with van der Waals surface area (Å²) in [7, 11) is 1.36. The van der Waals surface area contributed by atoms with E-state index in [1.165, 1.54) is 7.11 Å². The number of H-pyrrole nitrogens is 1. The van der Waals surface area contributed by atoms with E-state index in [0.29, 0.717) is 0 Å². The molecular weight excluding hydrogens is 230 g/mol. The monoisotopic (exact) mass is 243 g/mol. The Balaban J connectivity index is 2.24. The first-order valence-corrected chi connectivity index (χ1v) is 5.55. The number of methoxy groups -OCH3 is 1. The van der Waals surface area contributed by atoms with Crippen molar-refractivity contribution in [2.45, 2.75) is 6.42 Å². The third-order valence-corrected chi connectivity index (χ3v) is 2.59. The minimum atomic E-state index is -0.275. The Morgan fingerprint density at radius 1 is 1.33 bits per heavy atom. The standard InChI is InChI=1S/C14H13NO3/c1-18-14(17)4-2-3-10-5-6-11-9-15-13(16)8-12(11)7-10/h2-3,5-9H,4H2,1H3,(H,15,16). The molecule has 0 unspecified atom stereocenters. The molecule has 18 heavy (non-hydrogen) atoms. The van der Waals surface area contributed by atoms with Gasteiger partial charge in [-0.25, -0.2) is 0 Å². The highest BCUT2D eigenvalue weighted by Crippen LogP contribution is 2.14. The molecule has 2 aromatic rings. The van der Waals surface area contributed by atoms with Gasteiger partial charge in [-0.1, -0.05) is 24.3 Å². The van der Waals surface area contributed by atoms with Crippen LogP contribution in [0.5, 0.6) is 0 Å². The van der Waals surface area contributed by atoms with E-state index in [9.17, 15) is 9.59 Å². The minimum Gasteiger partial charge on any atom is -0.469 e. The summed E-state index contributed by atoms with van der Waals surface area (Å²) < 4.78 is 4.54. The summed E-state index contributed by atoms with van der Waals surface area (Å²) in [4.78, 5) is 24.8. The summed E-state index contributed by atoms with van der Waals surface area (Å²) in [5.74, 6) is -0.275. The predicted molar refractivity (Wildman–Crippen MR) is 70.2 cm³/mol. The Kier molecular flexibility index (Phi) is 3.57. The highest BCUT2D eigenvalue weighted by atomic mass is 16.5. The number of pyridine rings is 1. The van der Waals surface area contributed by atoms with Crippen molar-refractivity contribution in [1.29, 1.82) is 0 Å². The van der Waals surface area contributed by atoms with E-state index in [0.717, 1.165) is 16.3 Å². The van der Waals surface area contributed by atoms with Gasteiger partial charge in [0, 0.05) is 12.3 Å². The molecule has 0 aliphatic rings. The normalized spacial score (nSPS) is 10.9. The first kappa shape index (κ1) is 12.1. The Bertz CT molecular complexity index is 655. The van der Waals surface area contributed by atoms with Crippen LogP contribution in [0.15, 0.2) is 41.3 Å². The molecule has 4 heteroatoms. The molecule has 0 saturated heterocycles. The second-order valence-electron chi connectivity index (χ2n) is 3.87. The van der Waals surface area contributed by atoms with Gasteiger partial charge in [-0.3, -0.25) is 9.59 Å². The second kappa shape index (κ2) is 5.31. The summed E-state index contributed by atoms with van der Waals surface area (Å²) in [5.41, 5.74) is 0.815. The molecule has 0 aliphatic carbocycles. The van der Waals surface area contributed by atoms with Gasteiger partial charge in [0.25, 0.3) is 0 Å². The van der Waals surface area contributed by atoms with Gasteiger partial charge in [0.1, 0.15) is 0 Å². The molecule has 1 aromatic heterocycles. The van der Waals surface area contributed by atoms with E-state index in [1.807, 2.05) is 24.3 Å². The van der Waals surface area contributed by atoms with Gasteiger partial charge in [-0.05, 0) is 22.4 Å². The van der Waals surface area contributed by atoms with Gasteiger partial charge in [0.2, 0.25) is 5.56 Å². The molecule has 0 aliphatic heterocycles. The number of hydrogen-bond acceptors (Lipinski definition) is 3. The number of esters is 1. The lowest BCUT2D eigenvalue weighted by Crippen LogP contribution is -2.01. The summed E-state index contributed by atoms with van der Waals surface area (Å²) >= 11 is 0. The Hall–Kier alpha value is -2.36. The number of hydrogen-bond donors (Lipinski definition) is 1. The van der Waals surface area contributed by atoms with Crippen LogP contribution < -0.4 is 5.56 Å². The van der Waals surface area contributed by atoms with Crippen LogP contribution in [-0.4, -0.2) is 18.1 Å². The maximum absolute atomic E-state index is 11.2. The molecule has 1 aromatic carbocycles. The van der Waals surface area contributed by atoms with Gasteiger partial charge in [-0.15, -0.1) is 0 Å². The zero-order chi connectivity index (χ0) is 13.0. The number of aromatic amines is 1. The number of ether oxygens (including phenoxy) is 1. The maximum Gasteiger partial charge on any atom is 0.309 e. The Morgan fingerprint density at radius 3 is 2.94 bits per heavy atom. The highest BCUT2D eigenvalue weighted by Gasteiger charge is 1.97. The first-order valence-electron chi connectivity index (χ1n) is 5.55. The van der Waals surface area contributed by atoms with E-state index in [2.05, 4.69) is 9.72 Å². The summed E-state index contributed by atoms with van der Waals surface area (Å²) in [5, 5.41) is 1.85. The third-order valence-electron chi connectivity index (χ3n) is 2.59. The molecule has 0 atom stereocenters. The van der Waals surface area contributed by atoms with E-state index < -0.39 is 0 Å². The molecule has 1 heterocycles. The fraction of sp³-hybridized carbons (Fsp3) is 0.143. The van der Waals surface area contributed by atoms with Gasteiger partial charge >= 0.3 is 5.97 Å². The SMILES string of the molecule is COC(=O)CC=Cc1ccc2c[nH]c(=O)cc2c1. The molecule has 0 fully saturated rings. The molecule has 0 saturated carbocycles. The van der Waals surface area contributed by atoms with Crippen molar-refractivity contribution < 1.29 is 9.53 Å². The highest BCUT2D eigenvalue weighted by molar-refractivity contribution is 5.84.